The second kappa shape index (κ2) is 5.31. The fraction of sp³-hybridized carbons (Fsp3) is 0.429. The Morgan fingerprint density at radius 3 is 2.39 bits per heavy atom. The van der Waals surface area contributed by atoms with Crippen LogP contribution >= 0.6 is 0 Å². The molecule has 2 aromatic rings. The number of hydrogen-bond acceptors (Lipinski definition) is 4. The third kappa shape index (κ3) is 2.59. The van der Waals surface area contributed by atoms with Crippen molar-refractivity contribution in [2.75, 3.05) is 11.9 Å². The maximum Gasteiger partial charge on any atom is 0.148 e. The second-order valence-corrected chi connectivity index (χ2v) is 4.79. The Kier molecular flexibility index (Phi) is 3.77. The maximum atomic E-state index is 5.68. The van der Waals surface area contributed by atoms with E-state index >= 15 is 0 Å². The highest BCUT2D eigenvalue weighted by atomic mass is 15.0. The Hall–Kier alpha value is -1.68. The molecule has 0 aliphatic rings. The van der Waals surface area contributed by atoms with Gasteiger partial charge in [0.25, 0.3) is 0 Å². The summed E-state index contributed by atoms with van der Waals surface area (Å²) in [6.07, 6.45) is 0. The van der Waals surface area contributed by atoms with Gasteiger partial charge in [-0.3, -0.25) is 0 Å². The summed E-state index contributed by atoms with van der Waals surface area (Å²) in [4.78, 5) is 9.17. The first-order valence-corrected chi connectivity index (χ1v) is 6.31. The molecule has 0 aliphatic carbocycles. The molecule has 0 aliphatic heterocycles. The van der Waals surface area contributed by atoms with Gasteiger partial charge in [-0.2, -0.15) is 0 Å². The van der Waals surface area contributed by atoms with Gasteiger partial charge in [-0.15, -0.1) is 0 Å². The van der Waals surface area contributed by atoms with E-state index in [0.717, 1.165) is 22.5 Å². The molecule has 2 rings (SSSR count). The molecule has 18 heavy (non-hydrogen) atoms. The lowest BCUT2D eigenvalue weighted by molar-refractivity contribution is 0.520. The topological polar surface area (TPSA) is 63.8 Å². The van der Waals surface area contributed by atoms with E-state index in [2.05, 4.69) is 29.1 Å². The molecule has 0 spiro atoms. The molecule has 96 valence electrons. The number of para-hydroxylation sites is 2. The number of anilines is 1. The van der Waals surface area contributed by atoms with Crippen molar-refractivity contribution < 1.29 is 0 Å². The van der Waals surface area contributed by atoms with Gasteiger partial charge in [0.05, 0.1) is 16.7 Å². The SMILES string of the molecule is Cc1nc2ccccc2nc1NC(C)C(C)CN. The van der Waals surface area contributed by atoms with Gasteiger partial charge in [-0.1, -0.05) is 19.1 Å². The van der Waals surface area contributed by atoms with E-state index in [0.29, 0.717) is 12.5 Å². The van der Waals surface area contributed by atoms with Crippen LogP contribution in [0.5, 0.6) is 0 Å². The average Bonchev–Trinajstić information content (AvgIpc) is 2.38. The zero-order valence-electron chi connectivity index (χ0n) is 11.1. The van der Waals surface area contributed by atoms with Gasteiger partial charge in [0.1, 0.15) is 5.82 Å². The monoisotopic (exact) mass is 244 g/mol. The van der Waals surface area contributed by atoms with E-state index in [4.69, 9.17) is 5.73 Å². The molecule has 3 N–H and O–H groups in total. The number of benzene rings is 1. The second-order valence-electron chi connectivity index (χ2n) is 4.79. The van der Waals surface area contributed by atoms with Gasteiger partial charge in [0, 0.05) is 6.04 Å². The molecule has 4 nitrogen and oxygen atoms in total. The van der Waals surface area contributed by atoms with Gasteiger partial charge in [0.2, 0.25) is 0 Å². The third-order valence-electron chi connectivity index (χ3n) is 3.33. The predicted molar refractivity (Wildman–Crippen MR) is 75.6 cm³/mol. The highest BCUT2D eigenvalue weighted by Crippen LogP contribution is 2.18. The first-order valence-electron chi connectivity index (χ1n) is 6.31. The van der Waals surface area contributed by atoms with E-state index in [1.165, 1.54) is 0 Å². The molecular weight excluding hydrogens is 224 g/mol. The average molecular weight is 244 g/mol. The summed E-state index contributed by atoms with van der Waals surface area (Å²) in [6.45, 7) is 6.88. The van der Waals surface area contributed by atoms with Crippen LogP contribution in [-0.2, 0) is 0 Å². The summed E-state index contributed by atoms with van der Waals surface area (Å²) in [6, 6.07) is 8.18. The molecule has 1 aromatic carbocycles. The smallest absolute Gasteiger partial charge is 0.148 e. The van der Waals surface area contributed by atoms with Crippen LogP contribution in [0.3, 0.4) is 0 Å². The first-order chi connectivity index (χ1) is 8.61. The summed E-state index contributed by atoms with van der Waals surface area (Å²) in [7, 11) is 0. The number of hydrogen-bond donors (Lipinski definition) is 2. The van der Waals surface area contributed by atoms with Crippen LogP contribution in [0.15, 0.2) is 24.3 Å². The van der Waals surface area contributed by atoms with Gasteiger partial charge in [-0.05, 0) is 38.4 Å². The van der Waals surface area contributed by atoms with Crippen molar-refractivity contribution in [3.8, 4) is 0 Å². The van der Waals surface area contributed by atoms with E-state index in [9.17, 15) is 0 Å². The summed E-state index contributed by atoms with van der Waals surface area (Å²) in [5, 5.41) is 3.40. The number of aromatic nitrogens is 2. The zero-order chi connectivity index (χ0) is 13.1. The molecular formula is C14H20N4. The normalized spacial score (nSPS) is 14.4. The molecule has 2 atom stereocenters. The Bertz CT molecular complexity index is 538. The summed E-state index contributed by atoms with van der Waals surface area (Å²) < 4.78 is 0. The lowest BCUT2D eigenvalue weighted by Gasteiger charge is -2.21. The van der Waals surface area contributed by atoms with Crippen LogP contribution < -0.4 is 11.1 Å². The van der Waals surface area contributed by atoms with E-state index in [1.807, 2.05) is 31.2 Å². The third-order valence-corrected chi connectivity index (χ3v) is 3.33. The van der Waals surface area contributed by atoms with Gasteiger partial charge >= 0.3 is 0 Å². The summed E-state index contributed by atoms with van der Waals surface area (Å²) >= 11 is 0. The predicted octanol–water partition coefficient (Wildman–Crippen LogP) is 2.33. The van der Waals surface area contributed by atoms with Crippen molar-refractivity contribution >= 4 is 16.9 Å². The summed E-state index contributed by atoms with van der Waals surface area (Å²) in [5.41, 5.74) is 8.45. The van der Waals surface area contributed by atoms with E-state index in [1.54, 1.807) is 0 Å². The lowest BCUT2D eigenvalue weighted by atomic mass is 10.0. The highest BCUT2D eigenvalue weighted by molar-refractivity contribution is 5.76. The minimum Gasteiger partial charge on any atom is -0.366 e. The Morgan fingerprint density at radius 1 is 1.17 bits per heavy atom. The minimum atomic E-state index is 0.282. The molecule has 0 saturated carbocycles. The Labute approximate surface area is 108 Å². The van der Waals surface area contributed by atoms with Crippen molar-refractivity contribution in [2.24, 2.45) is 11.7 Å². The number of aryl methyl sites for hydroxylation is 1. The van der Waals surface area contributed by atoms with Crippen LogP contribution in [0.25, 0.3) is 11.0 Å². The number of rotatable bonds is 4. The maximum absolute atomic E-state index is 5.68. The fourth-order valence-electron chi connectivity index (χ4n) is 1.79. The van der Waals surface area contributed by atoms with Crippen LogP contribution in [0, 0.1) is 12.8 Å². The number of nitrogens with two attached hydrogens (primary N) is 1. The Morgan fingerprint density at radius 2 is 1.78 bits per heavy atom. The highest BCUT2D eigenvalue weighted by Gasteiger charge is 2.13. The van der Waals surface area contributed by atoms with Crippen molar-refractivity contribution in [3.63, 3.8) is 0 Å². The zero-order valence-corrected chi connectivity index (χ0v) is 11.1. The molecule has 0 radical (unpaired) electrons. The van der Waals surface area contributed by atoms with Crippen molar-refractivity contribution in [1.29, 1.82) is 0 Å². The molecule has 0 bridgehead atoms. The minimum absolute atomic E-state index is 0.282. The molecule has 4 heteroatoms. The molecule has 0 amide bonds. The molecule has 0 fully saturated rings. The molecule has 1 aromatic heterocycles. The van der Waals surface area contributed by atoms with Gasteiger partial charge in [0.15, 0.2) is 0 Å². The fourth-order valence-corrected chi connectivity index (χ4v) is 1.79. The molecule has 2 unspecified atom stereocenters. The lowest BCUT2D eigenvalue weighted by Crippen LogP contribution is -2.30. The van der Waals surface area contributed by atoms with Crippen LogP contribution in [-0.4, -0.2) is 22.6 Å². The number of fused-ring (bicyclic) bond motifs is 1. The Balaban J connectivity index is 2.30. The number of nitrogens with zero attached hydrogens (tertiary/aromatic N) is 2. The number of nitrogens with one attached hydrogen (secondary N) is 1. The van der Waals surface area contributed by atoms with Gasteiger partial charge in [-0.25, -0.2) is 9.97 Å². The van der Waals surface area contributed by atoms with E-state index in [-0.39, 0.29) is 6.04 Å². The van der Waals surface area contributed by atoms with Gasteiger partial charge < -0.3 is 11.1 Å². The summed E-state index contributed by atoms with van der Waals surface area (Å²) in [5.74, 6) is 1.25. The van der Waals surface area contributed by atoms with Crippen molar-refractivity contribution in [3.05, 3.63) is 30.0 Å². The largest absolute Gasteiger partial charge is 0.366 e. The van der Waals surface area contributed by atoms with Crippen LogP contribution in [0.1, 0.15) is 19.5 Å². The quantitative estimate of drug-likeness (QED) is 0.866. The van der Waals surface area contributed by atoms with Crippen LogP contribution in [0.4, 0.5) is 5.82 Å². The first kappa shape index (κ1) is 12.8. The van der Waals surface area contributed by atoms with E-state index < -0.39 is 0 Å². The van der Waals surface area contributed by atoms with Crippen molar-refractivity contribution in [1.82, 2.24) is 9.97 Å². The molecule has 0 saturated heterocycles. The van der Waals surface area contributed by atoms with Crippen molar-refractivity contribution in [2.45, 2.75) is 26.8 Å². The standard InChI is InChI=1S/C14H20N4/c1-9(8-15)10(2)17-14-11(3)16-12-6-4-5-7-13(12)18-14/h4-7,9-10H,8,15H2,1-3H3,(H,17,18). The molecule has 1 heterocycles. The van der Waals surface area contributed by atoms with Crippen LogP contribution in [0.2, 0.25) is 0 Å².